The average Bonchev–Trinajstić information content (AvgIpc) is 3.34. The van der Waals surface area contributed by atoms with Crippen molar-refractivity contribution >= 4 is 45.8 Å². The Morgan fingerprint density at radius 1 is 1.17 bits per heavy atom. The Bertz CT molecular complexity index is 1570. The molecular weight excluding hydrogens is 569 g/mol. The SMILES string of the molecule is C[C@@H]1C(/N=C(/Nc2ccc3c(=O)n(CCc4ccc(Cl)cc4Cl)cnc3c2)N2CC[C@H](C)[C@H]2CO)C[C@@H]2C[C@H]1C2(C)C. The number of hydrogen-bond acceptors (Lipinski definition) is 4. The van der Waals surface area contributed by atoms with Crippen LogP contribution in [0.2, 0.25) is 10.0 Å². The molecule has 3 aromatic rings. The molecule has 2 N–H and O–H groups in total. The van der Waals surface area contributed by atoms with Crippen molar-refractivity contribution in [3.8, 4) is 0 Å². The van der Waals surface area contributed by atoms with Crippen LogP contribution in [-0.2, 0) is 13.0 Å². The monoisotopic (exact) mass is 609 g/mol. The Balaban J connectivity index is 1.25. The zero-order chi connectivity index (χ0) is 29.8. The Kier molecular flexibility index (Phi) is 8.05. The molecule has 3 saturated carbocycles. The van der Waals surface area contributed by atoms with Gasteiger partial charge in [0.25, 0.3) is 5.56 Å². The summed E-state index contributed by atoms with van der Waals surface area (Å²) in [6, 6.07) is 11.4. The molecule has 7 rings (SSSR count). The minimum atomic E-state index is -0.0860. The molecule has 2 aromatic carbocycles. The number of aromatic nitrogens is 2. The molecule has 42 heavy (non-hydrogen) atoms. The first-order valence-electron chi connectivity index (χ1n) is 15.2. The van der Waals surface area contributed by atoms with Crippen molar-refractivity contribution in [1.82, 2.24) is 14.5 Å². The fourth-order valence-corrected chi connectivity index (χ4v) is 8.17. The number of aliphatic hydroxyl groups excluding tert-OH is 1. The highest BCUT2D eigenvalue weighted by atomic mass is 35.5. The molecule has 3 aliphatic carbocycles. The van der Waals surface area contributed by atoms with Crippen LogP contribution in [0.3, 0.4) is 0 Å². The van der Waals surface area contributed by atoms with Gasteiger partial charge in [0.15, 0.2) is 5.96 Å². The molecule has 1 aromatic heterocycles. The second-order valence-corrected chi connectivity index (χ2v) is 14.1. The molecule has 0 amide bonds. The van der Waals surface area contributed by atoms with E-state index in [4.69, 9.17) is 28.2 Å². The maximum absolute atomic E-state index is 13.3. The largest absolute Gasteiger partial charge is 0.394 e. The lowest BCUT2D eigenvalue weighted by molar-refractivity contribution is -0.108. The Morgan fingerprint density at radius 2 is 1.98 bits per heavy atom. The van der Waals surface area contributed by atoms with E-state index in [9.17, 15) is 9.90 Å². The van der Waals surface area contributed by atoms with E-state index in [0.717, 1.165) is 36.6 Å². The summed E-state index contributed by atoms with van der Waals surface area (Å²) in [6.07, 6.45) is 5.63. The number of aliphatic hydroxyl groups is 1. The highest BCUT2D eigenvalue weighted by molar-refractivity contribution is 6.35. The number of aliphatic imine (C=N–C) groups is 1. The van der Waals surface area contributed by atoms with E-state index >= 15 is 0 Å². The minimum Gasteiger partial charge on any atom is -0.394 e. The van der Waals surface area contributed by atoms with Gasteiger partial charge >= 0.3 is 0 Å². The summed E-state index contributed by atoms with van der Waals surface area (Å²) >= 11 is 12.4. The van der Waals surface area contributed by atoms with Crippen molar-refractivity contribution in [2.24, 2.45) is 34.1 Å². The third kappa shape index (κ3) is 5.33. The predicted octanol–water partition coefficient (Wildman–Crippen LogP) is 6.49. The third-order valence-corrected chi connectivity index (χ3v) is 11.2. The Labute approximate surface area is 258 Å². The van der Waals surface area contributed by atoms with Crippen molar-refractivity contribution in [2.45, 2.75) is 72.0 Å². The fourth-order valence-electron chi connectivity index (χ4n) is 7.67. The molecule has 4 fully saturated rings. The van der Waals surface area contributed by atoms with E-state index in [1.807, 2.05) is 24.3 Å². The molecule has 0 spiro atoms. The molecule has 1 unspecified atom stereocenters. The van der Waals surface area contributed by atoms with E-state index in [1.165, 1.54) is 6.42 Å². The molecular formula is C33H41Cl2N5O2. The van der Waals surface area contributed by atoms with Gasteiger partial charge in [-0.05, 0) is 90.7 Å². The van der Waals surface area contributed by atoms with Crippen LogP contribution in [0.1, 0.15) is 52.5 Å². The van der Waals surface area contributed by atoms with Crippen molar-refractivity contribution in [2.75, 3.05) is 18.5 Å². The predicted molar refractivity (Wildman–Crippen MR) is 172 cm³/mol. The van der Waals surface area contributed by atoms with Gasteiger partial charge in [0.05, 0.1) is 35.9 Å². The lowest BCUT2D eigenvalue weighted by atomic mass is 9.45. The van der Waals surface area contributed by atoms with Crippen molar-refractivity contribution in [1.29, 1.82) is 0 Å². The van der Waals surface area contributed by atoms with Crippen LogP contribution in [0.5, 0.6) is 0 Å². The van der Waals surface area contributed by atoms with Gasteiger partial charge in [0, 0.05) is 28.8 Å². The second-order valence-electron chi connectivity index (χ2n) is 13.3. The molecule has 9 heteroatoms. The summed E-state index contributed by atoms with van der Waals surface area (Å²) in [7, 11) is 0. The first-order valence-corrected chi connectivity index (χ1v) is 16.0. The van der Waals surface area contributed by atoms with Gasteiger partial charge in [-0.25, -0.2) is 9.98 Å². The molecule has 0 radical (unpaired) electrons. The molecule has 4 aliphatic rings. The van der Waals surface area contributed by atoms with Crippen molar-refractivity contribution in [3.05, 3.63) is 68.7 Å². The van der Waals surface area contributed by atoms with Gasteiger partial charge in [-0.1, -0.05) is 57.0 Å². The van der Waals surface area contributed by atoms with Crippen LogP contribution < -0.4 is 10.9 Å². The Morgan fingerprint density at radius 3 is 2.69 bits per heavy atom. The summed E-state index contributed by atoms with van der Waals surface area (Å²) in [5.41, 5.74) is 2.71. The summed E-state index contributed by atoms with van der Waals surface area (Å²) in [4.78, 5) is 25.6. The number of rotatable bonds is 6. The summed E-state index contributed by atoms with van der Waals surface area (Å²) in [5.74, 6) is 3.12. The molecule has 6 atom stereocenters. The van der Waals surface area contributed by atoms with Crippen molar-refractivity contribution < 1.29 is 5.11 Å². The molecule has 2 heterocycles. The molecule has 224 valence electrons. The molecule has 1 saturated heterocycles. The van der Waals surface area contributed by atoms with Crippen LogP contribution in [0.4, 0.5) is 5.69 Å². The topological polar surface area (TPSA) is 82.8 Å². The second kappa shape index (κ2) is 11.5. The van der Waals surface area contributed by atoms with Crippen LogP contribution in [-0.4, -0.2) is 50.8 Å². The number of benzene rings is 2. The number of nitrogens with zero attached hydrogens (tertiary/aromatic N) is 4. The summed E-state index contributed by atoms with van der Waals surface area (Å²) in [5, 5.41) is 15.6. The van der Waals surface area contributed by atoms with E-state index in [2.05, 4.69) is 42.9 Å². The van der Waals surface area contributed by atoms with Gasteiger partial charge < -0.3 is 15.3 Å². The quantitative estimate of drug-likeness (QED) is 0.247. The van der Waals surface area contributed by atoms with Gasteiger partial charge in [0.2, 0.25) is 0 Å². The average molecular weight is 611 g/mol. The number of likely N-dealkylation sites (tertiary alicyclic amines) is 1. The molecule has 2 bridgehead atoms. The smallest absolute Gasteiger partial charge is 0.261 e. The van der Waals surface area contributed by atoms with Crippen LogP contribution in [0.15, 0.2) is 52.5 Å². The van der Waals surface area contributed by atoms with E-state index < -0.39 is 0 Å². The number of nitrogens with one attached hydrogen (secondary N) is 1. The number of aryl methyl sites for hydroxylation is 2. The Hall–Kier alpha value is -2.61. The number of fused-ring (bicyclic) bond motifs is 3. The molecule has 1 aliphatic heterocycles. The summed E-state index contributed by atoms with van der Waals surface area (Å²) < 4.78 is 1.63. The van der Waals surface area contributed by atoms with Crippen LogP contribution in [0.25, 0.3) is 10.9 Å². The van der Waals surface area contributed by atoms with Gasteiger partial charge in [-0.3, -0.25) is 9.36 Å². The number of guanidine groups is 1. The first-order chi connectivity index (χ1) is 20.1. The highest BCUT2D eigenvalue weighted by Gasteiger charge is 2.56. The normalized spacial score (nSPS) is 28.6. The highest BCUT2D eigenvalue weighted by Crippen LogP contribution is 2.61. The van der Waals surface area contributed by atoms with Gasteiger partial charge in [0.1, 0.15) is 0 Å². The maximum Gasteiger partial charge on any atom is 0.261 e. The maximum atomic E-state index is 13.3. The van der Waals surface area contributed by atoms with Gasteiger partial charge in [-0.2, -0.15) is 0 Å². The zero-order valence-electron chi connectivity index (χ0n) is 24.9. The minimum absolute atomic E-state index is 0.0287. The fraction of sp³-hybridized carbons (Fsp3) is 0.545. The van der Waals surface area contributed by atoms with E-state index in [-0.39, 0.29) is 24.2 Å². The first kappa shape index (κ1) is 29.5. The van der Waals surface area contributed by atoms with E-state index in [0.29, 0.717) is 63.0 Å². The number of halogens is 2. The van der Waals surface area contributed by atoms with Gasteiger partial charge in [-0.15, -0.1) is 0 Å². The number of hydrogen-bond donors (Lipinski definition) is 2. The standard InChI is InChI=1S/C33H41Cl2N5O2/c1-19-9-12-40(30(19)17-41)32(38-28-14-22-13-26(20(28)2)33(22,3)4)37-24-7-8-25-29(16-24)36-18-39(31(25)42)11-10-21-5-6-23(34)15-27(21)35/h5-8,15-16,18-20,22,26,28,30,41H,9-14,17H2,1-4H3,(H,37,38)/t19-,20-,22-,26+,28?,30+/m0/s1. The van der Waals surface area contributed by atoms with Crippen LogP contribution in [0, 0.1) is 29.1 Å². The summed E-state index contributed by atoms with van der Waals surface area (Å²) in [6.45, 7) is 10.8. The third-order valence-electron chi connectivity index (χ3n) is 10.7. The van der Waals surface area contributed by atoms with Crippen LogP contribution >= 0.6 is 23.2 Å². The van der Waals surface area contributed by atoms with Crippen molar-refractivity contribution in [3.63, 3.8) is 0 Å². The van der Waals surface area contributed by atoms with E-state index in [1.54, 1.807) is 23.0 Å². The zero-order valence-corrected chi connectivity index (χ0v) is 26.4. The molecule has 7 nitrogen and oxygen atoms in total. The number of anilines is 1. The lowest BCUT2D eigenvalue weighted by Crippen LogP contribution is -2.56. The lowest BCUT2D eigenvalue weighted by Gasteiger charge is -2.61.